The first-order valence-electron chi connectivity index (χ1n) is 4.62. The molecule has 0 aromatic rings. The Bertz CT molecular complexity index is 332. The van der Waals surface area contributed by atoms with Crippen LogP contribution in [0.25, 0.3) is 0 Å². The maximum absolute atomic E-state index is 5.70. The summed E-state index contributed by atoms with van der Waals surface area (Å²) in [7, 11) is 0. The van der Waals surface area contributed by atoms with E-state index < -0.39 is 0 Å². The molecule has 0 radical (unpaired) electrons. The highest BCUT2D eigenvalue weighted by Crippen LogP contribution is 2.02. The number of halogens is 1. The van der Waals surface area contributed by atoms with Gasteiger partial charge in [0.25, 0.3) is 0 Å². The summed E-state index contributed by atoms with van der Waals surface area (Å²) in [5, 5.41) is 3.67. The molecule has 0 aromatic carbocycles. The van der Waals surface area contributed by atoms with Gasteiger partial charge in [-0.25, -0.2) is 4.99 Å². The molecule has 0 rings (SSSR count). The van der Waals surface area contributed by atoms with Crippen LogP contribution in [0.4, 0.5) is 0 Å². The van der Waals surface area contributed by atoms with Crippen LogP contribution in [0.1, 0.15) is 20.8 Å². The van der Waals surface area contributed by atoms with E-state index in [0.29, 0.717) is 16.4 Å². The van der Waals surface area contributed by atoms with Gasteiger partial charge in [-0.1, -0.05) is 30.8 Å². The van der Waals surface area contributed by atoms with Crippen LogP contribution in [-0.2, 0) is 0 Å². The molecule has 1 N–H and O–H groups in total. The molecule has 0 aliphatic rings. The Morgan fingerprint density at radius 1 is 1.33 bits per heavy atom. The summed E-state index contributed by atoms with van der Waals surface area (Å²) in [5.41, 5.74) is 1.40. The zero-order chi connectivity index (χ0) is 11.8. The Kier molecular flexibility index (Phi) is 6.47. The average Bonchev–Trinajstić information content (AvgIpc) is 2.00. The molecule has 2 nitrogen and oxygen atoms in total. The summed E-state index contributed by atoms with van der Waals surface area (Å²) in [5.74, 6) is 0.734. The lowest BCUT2D eigenvalue weighted by atomic mass is 10.4. The number of amidine groups is 1. The van der Waals surface area contributed by atoms with Crippen LogP contribution in [-0.4, -0.2) is 5.84 Å². The molecule has 82 valence electrons. The summed E-state index contributed by atoms with van der Waals surface area (Å²) >= 11 is 5.70. The van der Waals surface area contributed by atoms with E-state index in [1.807, 2.05) is 26.0 Å². The predicted molar refractivity (Wildman–Crippen MR) is 68.9 cm³/mol. The second-order valence-corrected chi connectivity index (χ2v) is 3.67. The first-order valence-corrected chi connectivity index (χ1v) is 5.00. The molecule has 0 bridgehead atoms. The number of nitrogens with zero attached hydrogens (tertiary/aromatic N) is 1. The summed E-state index contributed by atoms with van der Waals surface area (Å²) in [4.78, 5) is 4.21. The van der Waals surface area contributed by atoms with Gasteiger partial charge < -0.3 is 5.32 Å². The molecule has 0 saturated carbocycles. The van der Waals surface area contributed by atoms with Gasteiger partial charge in [-0.15, -0.1) is 0 Å². The Balaban J connectivity index is 4.37. The highest BCUT2D eigenvalue weighted by atomic mass is 35.5. The van der Waals surface area contributed by atoms with E-state index in [1.165, 1.54) is 0 Å². The zero-order valence-electron chi connectivity index (χ0n) is 9.47. The molecule has 0 heterocycles. The van der Waals surface area contributed by atoms with E-state index in [2.05, 4.69) is 23.5 Å². The van der Waals surface area contributed by atoms with Crippen molar-refractivity contribution in [3.63, 3.8) is 0 Å². The number of aliphatic imine (C=N–C) groups is 1. The molecular formula is C12H17ClN2. The van der Waals surface area contributed by atoms with Crippen LogP contribution in [0.3, 0.4) is 0 Å². The third-order valence-corrected chi connectivity index (χ3v) is 1.49. The smallest absolute Gasteiger partial charge is 0.103 e. The molecule has 0 aliphatic carbocycles. The van der Waals surface area contributed by atoms with Gasteiger partial charge in [0, 0.05) is 10.7 Å². The standard InChI is InChI=1S/C12H17ClN2/c1-6-7-10(3)14-12(5)15-11(4)8-9(2)13/h6-8H,3-4H2,1-2,5H3,(H,14,15)/b7-6-,9-8+. The van der Waals surface area contributed by atoms with E-state index in [-0.39, 0.29) is 0 Å². The van der Waals surface area contributed by atoms with E-state index in [9.17, 15) is 0 Å². The van der Waals surface area contributed by atoms with Crippen LogP contribution in [0.15, 0.2) is 52.8 Å². The Morgan fingerprint density at radius 2 is 1.93 bits per heavy atom. The van der Waals surface area contributed by atoms with Crippen molar-refractivity contribution in [1.29, 1.82) is 0 Å². The summed E-state index contributed by atoms with van der Waals surface area (Å²) in [6, 6.07) is 0. The largest absolute Gasteiger partial charge is 0.344 e. The van der Waals surface area contributed by atoms with E-state index in [0.717, 1.165) is 5.84 Å². The fourth-order valence-electron chi connectivity index (χ4n) is 0.982. The monoisotopic (exact) mass is 224 g/mol. The minimum absolute atomic E-state index is 0.674. The Labute approximate surface area is 96.7 Å². The number of nitrogens with one attached hydrogen (secondary N) is 1. The lowest BCUT2D eigenvalue weighted by Gasteiger charge is -2.05. The van der Waals surface area contributed by atoms with E-state index in [4.69, 9.17) is 11.6 Å². The number of allylic oxidation sites excluding steroid dienone is 4. The minimum atomic E-state index is 0.674. The average molecular weight is 225 g/mol. The predicted octanol–water partition coefficient (Wildman–Crippen LogP) is 3.74. The Morgan fingerprint density at radius 3 is 2.40 bits per heavy atom. The van der Waals surface area contributed by atoms with Gasteiger partial charge in [0.1, 0.15) is 5.84 Å². The second-order valence-electron chi connectivity index (χ2n) is 3.07. The number of hydrogen-bond donors (Lipinski definition) is 1. The van der Waals surface area contributed by atoms with Crippen LogP contribution in [0.5, 0.6) is 0 Å². The first-order chi connectivity index (χ1) is 6.95. The van der Waals surface area contributed by atoms with Crippen molar-refractivity contribution < 1.29 is 0 Å². The lowest BCUT2D eigenvalue weighted by molar-refractivity contribution is 1.15. The van der Waals surface area contributed by atoms with Crippen LogP contribution in [0.2, 0.25) is 0 Å². The number of rotatable bonds is 4. The molecular weight excluding hydrogens is 208 g/mol. The summed E-state index contributed by atoms with van der Waals surface area (Å²) in [6.07, 6.45) is 5.45. The summed E-state index contributed by atoms with van der Waals surface area (Å²) < 4.78 is 0. The van der Waals surface area contributed by atoms with Gasteiger partial charge >= 0.3 is 0 Å². The quantitative estimate of drug-likeness (QED) is 0.439. The number of hydrogen-bond acceptors (Lipinski definition) is 1. The minimum Gasteiger partial charge on any atom is -0.344 e. The van der Waals surface area contributed by atoms with Crippen molar-refractivity contribution in [2.75, 3.05) is 0 Å². The van der Waals surface area contributed by atoms with Gasteiger partial charge in [-0.05, 0) is 32.9 Å². The second kappa shape index (κ2) is 7.07. The van der Waals surface area contributed by atoms with Gasteiger partial charge in [-0.2, -0.15) is 0 Å². The van der Waals surface area contributed by atoms with Crippen LogP contribution in [0, 0.1) is 0 Å². The molecule has 0 atom stereocenters. The van der Waals surface area contributed by atoms with Gasteiger partial charge in [-0.3, -0.25) is 0 Å². The van der Waals surface area contributed by atoms with Crippen molar-refractivity contribution >= 4 is 17.4 Å². The van der Waals surface area contributed by atoms with Crippen LogP contribution >= 0.6 is 11.6 Å². The highest BCUT2D eigenvalue weighted by Gasteiger charge is 1.93. The van der Waals surface area contributed by atoms with Gasteiger partial charge in [0.2, 0.25) is 0 Å². The maximum Gasteiger partial charge on any atom is 0.103 e. The molecule has 0 amide bonds. The molecule has 3 heteroatoms. The van der Waals surface area contributed by atoms with Crippen LogP contribution < -0.4 is 5.32 Å². The molecule has 0 saturated heterocycles. The maximum atomic E-state index is 5.70. The third kappa shape index (κ3) is 7.77. The van der Waals surface area contributed by atoms with E-state index in [1.54, 1.807) is 13.0 Å². The van der Waals surface area contributed by atoms with Crippen molar-refractivity contribution in [1.82, 2.24) is 5.32 Å². The lowest BCUT2D eigenvalue weighted by Crippen LogP contribution is -2.17. The first kappa shape index (κ1) is 13.7. The topological polar surface area (TPSA) is 24.4 Å². The van der Waals surface area contributed by atoms with Crippen molar-refractivity contribution in [3.05, 3.63) is 47.8 Å². The van der Waals surface area contributed by atoms with Crippen molar-refractivity contribution in [2.24, 2.45) is 4.99 Å². The van der Waals surface area contributed by atoms with Crippen molar-refractivity contribution in [2.45, 2.75) is 20.8 Å². The SMILES string of the molecule is C=C(/C=C\C)N=C(C)NC(=C)/C=C(\C)Cl. The molecule has 0 fully saturated rings. The Hall–Kier alpha value is -1.28. The van der Waals surface area contributed by atoms with Gasteiger partial charge in [0.05, 0.1) is 5.70 Å². The van der Waals surface area contributed by atoms with E-state index >= 15 is 0 Å². The molecule has 15 heavy (non-hydrogen) atoms. The summed E-state index contributed by atoms with van der Waals surface area (Å²) in [6.45, 7) is 13.1. The molecule has 0 spiro atoms. The highest BCUT2D eigenvalue weighted by molar-refractivity contribution is 6.29. The molecule has 0 unspecified atom stereocenters. The van der Waals surface area contributed by atoms with Gasteiger partial charge in [0.15, 0.2) is 0 Å². The zero-order valence-corrected chi connectivity index (χ0v) is 10.2. The fourth-order valence-corrected chi connectivity index (χ4v) is 1.11. The molecule has 0 aromatic heterocycles. The normalized spacial score (nSPS) is 13.1. The van der Waals surface area contributed by atoms with Crippen molar-refractivity contribution in [3.8, 4) is 0 Å². The third-order valence-electron chi connectivity index (χ3n) is 1.38. The molecule has 0 aliphatic heterocycles. The fraction of sp³-hybridized carbons (Fsp3) is 0.250.